The van der Waals surface area contributed by atoms with Gasteiger partial charge in [-0.1, -0.05) is 54.6 Å². The van der Waals surface area contributed by atoms with Crippen LogP contribution in [0.25, 0.3) is 11.5 Å². The van der Waals surface area contributed by atoms with Gasteiger partial charge in [0, 0.05) is 16.1 Å². The first-order valence-electron chi connectivity index (χ1n) is 7.96. The van der Waals surface area contributed by atoms with E-state index < -0.39 is 0 Å². The molecule has 25 heavy (non-hydrogen) atoms. The summed E-state index contributed by atoms with van der Waals surface area (Å²) in [7, 11) is 0. The van der Waals surface area contributed by atoms with E-state index in [1.54, 1.807) is 12.1 Å². The second-order valence-electron chi connectivity index (χ2n) is 5.55. The maximum atomic E-state index is 12.5. The summed E-state index contributed by atoms with van der Waals surface area (Å²) in [6, 6.07) is 14.9. The maximum absolute atomic E-state index is 12.5. The minimum Gasteiger partial charge on any atom is -0.411 e. The van der Waals surface area contributed by atoms with Crippen molar-refractivity contribution in [2.45, 2.75) is 30.7 Å². The number of carbonyl (C=O) groups excluding carboxylic acids is 1. The zero-order chi connectivity index (χ0) is 17.8. The van der Waals surface area contributed by atoms with Gasteiger partial charge in [0.05, 0.1) is 5.25 Å². The number of carbonyl (C=O) groups is 1. The van der Waals surface area contributed by atoms with Crippen molar-refractivity contribution in [3.05, 3.63) is 64.7 Å². The summed E-state index contributed by atoms with van der Waals surface area (Å²) in [5.41, 5.74) is 2.69. The third-order valence-corrected chi connectivity index (χ3v) is 4.98. The zero-order valence-electron chi connectivity index (χ0n) is 13.9. The maximum Gasteiger partial charge on any atom is 0.277 e. The van der Waals surface area contributed by atoms with Gasteiger partial charge >= 0.3 is 0 Å². The van der Waals surface area contributed by atoms with Crippen molar-refractivity contribution in [3.63, 3.8) is 0 Å². The Hall–Kier alpha value is -2.11. The van der Waals surface area contributed by atoms with E-state index in [2.05, 4.69) is 17.1 Å². The van der Waals surface area contributed by atoms with Gasteiger partial charge in [-0.15, -0.1) is 10.2 Å². The number of aryl methyl sites for hydroxylation is 1. The number of Topliss-reactive ketones (excluding diaryl/α,β-unsaturated/α-hetero) is 1. The van der Waals surface area contributed by atoms with Crippen molar-refractivity contribution < 1.29 is 9.21 Å². The third kappa shape index (κ3) is 4.30. The Balaban J connectivity index is 1.69. The van der Waals surface area contributed by atoms with Crippen molar-refractivity contribution in [2.75, 3.05) is 0 Å². The predicted molar refractivity (Wildman–Crippen MR) is 100 cm³/mol. The molecule has 0 bridgehead atoms. The normalized spacial score (nSPS) is 12.1. The molecular weight excluding hydrogens is 356 g/mol. The molecule has 2 aromatic carbocycles. The monoisotopic (exact) mass is 372 g/mol. The average molecular weight is 373 g/mol. The first-order chi connectivity index (χ1) is 12.1. The van der Waals surface area contributed by atoms with Gasteiger partial charge in [0.2, 0.25) is 5.89 Å². The van der Waals surface area contributed by atoms with E-state index in [1.165, 1.54) is 17.3 Å². The van der Waals surface area contributed by atoms with Gasteiger partial charge in [-0.3, -0.25) is 4.79 Å². The highest BCUT2D eigenvalue weighted by Gasteiger charge is 2.20. The zero-order valence-corrected chi connectivity index (χ0v) is 15.5. The highest BCUT2D eigenvalue weighted by atomic mass is 35.5. The largest absolute Gasteiger partial charge is 0.411 e. The molecular formula is C19H17ClN2O2S. The second kappa shape index (κ2) is 7.85. The molecule has 0 amide bonds. The van der Waals surface area contributed by atoms with Crippen LogP contribution in [0.15, 0.2) is 58.2 Å². The molecule has 0 fully saturated rings. The fourth-order valence-corrected chi connectivity index (χ4v) is 3.20. The lowest BCUT2D eigenvalue weighted by molar-refractivity contribution is 0.0993. The standard InChI is InChI=1S/C19H17ClN2O2S/c1-3-13-4-6-14(7-5-13)17(23)12(2)25-19-22-21-18(24-19)15-8-10-16(20)11-9-15/h4-12H,3H2,1-2H3. The molecule has 128 valence electrons. The molecule has 0 aliphatic rings. The Morgan fingerprint density at radius 3 is 2.44 bits per heavy atom. The molecule has 3 rings (SSSR count). The van der Waals surface area contributed by atoms with E-state index in [4.69, 9.17) is 16.0 Å². The summed E-state index contributed by atoms with van der Waals surface area (Å²) in [5.74, 6) is 0.449. The van der Waals surface area contributed by atoms with E-state index in [0.29, 0.717) is 21.7 Å². The summed E-state index contributed by atoms with van der Waals surface area (Å²) in [4.78, 5) is 12.5. The fourth-order valence-electron chi connectivity index (χ4n) is 2.31. The number of hydrogen-bond donors (Lipinski definition) is 0. The van der Waals surface area contributed by atoms with Crippen LogP contribution in [0.3, 0.4) is 0 Å². The molecule has 0 spiro atoms. The van der Waals surface area contributed by atoms with Gasteiger partial charge in [-0.05, 0) is 43.2 Å². The molecule has 0 saturated carbocycles. The number of benzene rings is 2. The molecule has 1 aromatic heterocycles. The van der Waals surface area contributed by atoms with Gasteiger partial charge in [0.25, 0.3) is 5.22 Å². The van der Waals surface area contributed by atoms with Gasteiger partial charge in [0.15, 0.2) is 5.78 Å². The second-order valence-corrected chi connectivity index (χ2v) is 7.28. The van der Waals surface area contributed by atoms with Crippen LogP contribution >= 0.6 is 23.4 Å². The number of halogens is 1. The van der Waals surface area contributed by atoms with Crippen molar-refractivity contribution >= 4 is 29.1 Å². The number of aromatic nitrogens is 2. The lowest BCUT2D eigenvalue weighted by atomic mass is 10.1. The van der Waals surface area contributed by atoms with Crippen LogP contribution < -0.4 is 0 Å². The minimum absolute atomic E-state index is 0.0406. The smallest absolute Gasteiger partial charge is 0.277 e. The Kier molecular flexibility index (Phi) is 5.56. The lowest BCUT2D eigenvalue weighted by Gasteiger charge is -2.08. The minimum atomic E-state index is -0.314. The molecule has 4 nitrogen and oxygen atoms in total. The molecule has 1 atom stereocenters. The van der Waals surface area contributed by atoms with E-state index in [0.717, 1.165) is 12.0 Å². The van der Waals surface area contributed by atoms with Crippen molar-refractivity contribution in [2.24, 2.45) is 0 Å². The molecule has 0 N–H and O–H groups in total. The van der Waals surface area contributed by atoms with E-state index in [-0.39, 0.29) is 11.0 Å². The van der Waals surface area contributed by atoms with Crippen LogP contribution in [-0.4, -0.2) is 21.2 Å². The van der Waals surface area contributed by atoms with Crippen LogP contribution in [0.2, 0.25) is 5.02 Å². The highest BCUT2D eigenvalue weighted by Crippen LogP contribution is 2.28. The van der Waals surface area contributed by atoms with Gasteiger partial charge in [-0.25, -0.2) is 0 Å². The first kappa shape index (κ1) is 17.7. The first-order valence-corrected chi connectivity index (χ1v) is 9.22. The topological polar surface area (TPSA) is 56.0 Å². The average Bonchev–Trinajstić information content (AvgIpc) is 3.10. The summed E-state index contributed by atoms with van der Waals surface area (Å²) < 4.78 is 5.65. The van der Waals surface area contributed by atoms with Crippen LogP contribution in [0, 0.1) is 0 Å². The molecule has 1 heterocycles. The van der Waals surface area contributed by atoms with Crippen LogP contribution in [0.1, 0.15) is 29.8 Å². The van der Waals surface area contributed by atoms with Crippen molar-refractivity contribution in [1.29, 1.82) is 0 Å². The third-order valence-electron chi connectivity index (χ3n) is 3.79. The van der Waals surface area contributed by atoms with Gasteiger partial charge in [-0.2, -0.15) is 0 Å². The SMILES string of the molecule is CCc1ccc(C(=O)C(C)Sc2nnc(-c3ccc(Cl)cc3)o2)cc1. The van der Waals surface area contributed by atoms with E-state index in [9.17, 15) is 4.79 Å². The van der Waals surface area contributed by atoms with Gasteiger partial charge in [0.1, 0.15) is 0 Å². The summed E-state index contributed by atoms with van der Waals surface area (Å²) in [5, 5.41) is 8.75. The molecule has 0 saturated heterocycles. The molecule has 0 aliphatic heterocycles. The van der Waals surface area contributed by atoms with Crippen molar-refractivity contribution in [1.82, 2.24) is 10.2 Å². The summed E-state index contributed by atoms with van der Waals surface area (Å²) in [6.45, 7) is 3.93. The lowest BCUT2D eigenvalue weighted by Crippen LogP contribution is -2.13. The summed E-state index contributed by atoms with van der Waals surface area (Å²) in [6.07, 6.45) is 0.953. The molecule has 3 aromatic rings. The van der Waals surface area contributed by atoms with Crippen LogP contribution in [-0.2, 0) is 6.42 Å². The number of ketones is 1. The van der Waals surface area contributed by atoms with Crippen molar-refractivity contribution in [3.8, 4) is 11.5 Å². The quantitative estimate of drug-likeness (QED) is 0.433. The predicted octanol–water partition coefficient (Wildman–Crippen LogP) is 5.32. The Morgan fingerprint density at radius 1 is 1.12 bits per heavy atom. The molecule has 6 heteroatoms. The summed E-state index contributed by atoms with van der Waals surface area (Å²) >= 11 is 7.14. The fraction of sp³-hybridized carbons (Fsp3) is 0.211. The van der Waals surface area contributed by atoms with Crippen LogP contribution in [0.5, 0.6) is 0 Å². The molecule has 1 unspecified atom stereocenters. The molecule has 0 radical (unpaired) electrons. The van der Waals surface area contributed by atoms with Crippen LogP contribution in [0.4, 0.5) is 0 Å². The van der Waals surface area contributed by atoms with Gasteiger partial charge < -0.3 is 4.42 Å². The highest BCUT2D eigenvalue weighted by molar-refractivity contribution is 8.00. The number of thioether (sulfide) groups is 1. The van der Waals surface area contributed by atoms with E-state index >= 15 is 0 Å². The Morgan fingerprint density at radius 2 is 1.80 bits per heavy atom. The molecule has 0 aliphatic carbocycles. The van der Waals surface area contributed by atoms with E-state index in [1.807, 2.05) is 43.3 Å². The number of hydrogen-bond acceptors (Lipinski definition) is 5. The Labute approximate surface area is 155 Å². The number of nitrogens with zero attached hydrogens (tertiary/aromatic N) is 2. The number of rotatable bonds is 6. The Bertz CT molecular complexity index is 860.